The summed E-state index contributed by atoms with van der Waals surface area (Å²) in [5.74, 6) is 0.0757. The van der Waals surface area contributed by atoms with Crippen molar-refractivity contribution >= 4 is 28.9 Å². The molecule has 0 bridgehead atoms. The summed E-state index contributed by atoms with van der Waals surface area (Å²) in [4.78, 5) is 37.3. The first-order valence-corrected chi connectivity index (χ1v) is 8.68. The lowest BCUT2D eigenvalue weighted by atomic mass is 10.0. The predicted molar refractivity (Wildman–Crippen MR) is 94.6 cm³/mol. The Morgan fingerprint density at radius 2 is 2.12 bits per heavy atom. The molecule has 1 aliphatic heterocycles. The lowest BCUT2D eigenvalue weighted by Gasteiger charge is -2.20. The number of likely N-dealkylation sites (tertiary alicyclic amines) is 1. The third-order valence-corrected chi connectivity index (χ3v) is 4.84. The van der Waals surface area contributed by atoms with Gasteiger partial charge in [0.2, 0.25) is 5.91 Å². The second kappa shape index (κ2) is 6.78. The molecule has 1 amide bonds. The summed E-state index contributed by atoms with van der Waals surface area (Å²) in [7, 11) is 0. The Morgan fingerprint density at radius 1 is 1.36 bits per heavy atom. The zero-order valence-electron chi connectivity index (χ0n) is 14.9. The lowest BCUT2D eigenvalue weighted by Crippen LogP contribution is -2.38. The maximum Gasteiger partial charge on any atom is 0.244 e. The fraction of sp³-hybridized carbons (Fsp3) is 0.474. The first kappa shape index (κ1) is 17.3. The van der Waals surface area contributed by atoms with Crippen LogP contribution in [-0.2, 0) is 16.1 Å². The first-order chi connectivity index (χ1) is 11.9. The molecule has 1 fully saturated rings. The molecule has 0 N–H and O–H groups in total. The van der Waals surface area contributed by atoms with Crippen molar-refractivity contribution in [3.05, 3.63) is 29.5 Å². The number of nitrogens with zero attached hydrogens (tertiary/aromatic N) is 3. The normalized spacial score (nSPS) is 17.4. The summed E-state index contributed by atoms with van der Waals surface area (Å²) < 4.78 is 1.60. The summed E-state index contributed by atoms with van der Waals surface area (Å²) in [6, 6.07) is 5.55. The number of carbonyl (C=O) groups is 3. The van der Waals surface area contributed by atoms with Crippen LogP contribution >= 0.6 is 0 Å². The van der Waals surface area contributed by atoms with Crippen LogP contribution in [0.2, 0.25) is 0 Å². The minimum atomic E-state index is -0.340. The van der Waals surface area contributed by atoms with E-state index >= 15 is 0 Å². The zero-order chi connectivity index (χ0) is 18.1. The second-order valence-corrected chi connectivity index (χ2v) is 6.93. The van der Waals surface area contributed by atoms with Gasteiger partial charge < -0.3 is 9.69 Å². The van der Waals surface area contributed by atoms with Gasteiger partial charge in [0, 0.05) is 18.9 Å². The van der Waals surface area contributed by atoms with Crippen molar-refractivity contribution in [1.29, 1.82) is 0 Å². The van der Waals surface area contributed by atoms with Gasteiger partial charge in [-0.3, -0.25) is 14.3 Å². The van der Waals surface area contributed by atoms with Crippen LogP contribution in [-0.4, -0.2) is 45.2 Å². The number of rotatable bonds is 5. The molecule has 1 aromatic carbocycles. The minimum Gasteiger partial charge on any atom is -0.331 e. The highest BCUT2D eigenvalue weighted by Gasteiger charge is 2.29. The molecule has 25 heavy (non-hydrogen) atoms. The molecule has 0 aliphatic carbocycles. The average molecular weight is 341 g/mol. The molecule has 0 saturated carbocycles. The van der Waals surface area contributed by atoms with E-state index in [1.807, 2.05) is 18.2 Å². The Bertz CT molecular complexity index is 838. The van der Waals surface area contributed by atoms with Crippen LogP contribution in [0, 0.1) is 0 Å². The summed E-state index contributed by atoms with van der Waals surface area (Å²) >= 11 is 0. The molecule has 1 aromatic heterocycles. The van der Waals surface area contributed by atoms with Gasteiger partial charge in [-0.2, -0.15) is 5.10 Å². The number of aldehydes is 1. The Morgan fingerprint density at radius 3 is 2.76 bits per heavy atom. The number of amides is 1. The van der Waals surface area contributed by atoms with Crippen molar-refractivity contribution in [2.75, 3.05) is 6.54 Å². The molecule has 6 heteroatoms. The maximum absolute atomic E-state index is 12.6. The lowest BCUT2D eigenvalue weighted by molar-refractivity contribution is -0.135. The number of carbonyl (C=O) groups excluding carboxylic acids is 3. The van der Waals surface area contributed by atoms with Gasteiger partial charge in [-0.1, -0.05) is 26.0 Å². The maximum atomic E-state index is 12.6. The number of aromatic nitrogens is 2. The summed E-state index contributed by atoms with van der Waals surface area (Å²) in [5.41, 5.74) is 2.29. The van der Waals surface area contributed by atoms with Crippen molar-refractivity contribution < 1.29 is 14.4 Å². The summed E-state index contributed by atoms with van der Waals surface area (Å²) in [5, 5.41) is 5.14. The van der Waals surface area contributed by atoms with Crippen molar-refractivity contribution in [2.24, 2.45) is 0 Å². The smallest absolute Gasteiger partial charge is 0.244 e. The average Bonchev–Trinajstić information content (AvgIpc) is 3.19. The highest BCUT2D eigenvalue weighted by atomic mass is 16.2. The molecule has 0 radical (unpaired) electrons. The number of benzene rings is 1. The monoisotopic (exact) mass is 341 g/mol. The van der Waals surface area contributed by atoms with Crippen LogP contribution < -0.4 is 0 Å². The second-order valence-electron chi connectivity index (χ2n) is 6.93. The molecule has 2 heterocycles. The molecule has 2 aromatic rings. The molecule has 1 aliphatic rings. The van der Waals surface area contributed by atoms with E-state index in [1.165, 1.54) is 6.92 Å². The van der Waals surface area contributed by atoms with Gasteiger partial charge in [0.15, 0.2) is 5.78 Å². The van der Waals surface area contributed by atoms with E-state index < -0.39 is 0 Å². The van der Waals surface area contributed by atoms with Crippen LogP contribution in [0.25, 0.3) is 10.9 Å². The topological polar surface area (TPSA) is 72.3 Å². The van der Waals surface area contributed by atoms with Crippen LogP contribution in [0.15, 0.2) is 18.2 Å². The van der Waals surface area contributed by atoms with Crippen molar-refractivity contribution in [2.45, 2.75) is 52.1 Å². The number of hydrogen-bond donors (Lipinski definition) is 0. The molecule has 6 nitrogen and oxygen atoms in total. The van der Waals surface area contributed by atoms with Gasteiger partial charge in [0.1, 0.15) is 18.5 Å². The fourth-order valence-corrected chi connectivity index (χ4v) is 3.39. The molecule has 0 unspecified atom stereocenters. The Labute approximate surface area is 146 Å². The third kappa shape index (κ3) is 3.21. The fourth-order valence-electron chi connectivity index (χ4n) is 3.39. The highest BCUT2D eigenvalue weighted by Crippen LogP contribution is 2.25. The molecular weight excluding hydrogens is 318 g/mol. The van der Waals surface area contributed by atoms with E-state index in [-0.39, 0.29) is 24.3 Å². The van der Waals surface area contributed by atoms with E-state index in [1.54, 1.807) is 9.58 Å². The molecule has 132 valence electrons. The van der Waals surface area contributed by atoms with E-state index in [0.717, 1.165) is 29.2 Å². The van der Waals surface area contributed by atoms with Crippen molar-refractivity contribution in [3.63, 3.8) is 0 Å². The Balaban J connectivity index is 1.99. The molecule has 3 rings (SSSR count). The predicted octanol–water partition coefficient (Wildman–Crippen LogP) is 2.55. The Kier molecular flexibility index (Phi) is 4.70. The van der Waals surface area contributed by atoms with Gasteiger partial charge in [-0.05, 0) is 30.4 Å². The Hall–Kier alpha value is -2.50. The van der Waals surface area contributed by atoms with Crippen molar-refractivity contribution in [1.82, 2.24) is 14.7 Å². The largest absolute Gasteiger partial charge is 0.331 e. The summed E-state index contributed by atoms with van der Waals surface area (Å²) in [6.45, 7) is 6.30. The van der Waals surface area contributed by atoms with E-state index in [0.29, 0.717) is 24.6 Å². The third-order valence-electron chi connectivity index (χ3n) is 4.84. The van der Waals surface area contributed by atoms with Gasteiger partial charge in [0.25, 0.3) is 0 Å². The van der Waals surface area contributed by atoms with Crippen molar-refractivity contribution in [3.8, 4) is 0 Å². The van der Waals surface area contributed by atoms with Gasteiger partial charge in [0.05, 0.1) is 11.6 Å². The molecule has 1 saturated heterocycles. The number of fused-ring (bicyclic) bond motifs is 1. The number of Topliss-reactive ketones (excluding diaryl/α,β-unsaturated/α-hetero) is 1. The molecule has 1 atom stereocenters. The van der Waals surface area contributed by atoms with E-state index in [2.05, 4.69) is 18.9 Å². The van der Waals surface area contributed by atoms with Crippen LogP contribution in [0.5, 0.6) is 0 Å². The van der Waals surface area contributed by atoms with Crippen LogP contribution in [0.3, 0.4) is 0 Å². The quantitative estimate of drug-likeness (QED) is 0.619. The SMILES string of the molecule is CC(=O)c1nn(CC(=O)N2CCC[C@H]2C=O)c2cc(C(C)C)ccc12. The van der Waals surface area contributed by atoms with Crippen LogP contribution in [0.4, 0.5) is 0 Å². The number of ketones is 1. The molecule has 0 spiro atoms. The molecular formula is C19H23N3O3. The zero-order valence-corrected chi connectivity index (χ0v) is 14.9. The van der Waals surface area contributed by atoms with E-state index in [4.69, 9.17) is 0 Å². The van der Waals surface area contributed by atoms with Gasteiger partial charge in [-0.25, -0.2) is 0 Å². The first-order valence-electron chi connectivity index (χ1n) is 8.68. The highest BCUT2D eigenvalue weighted by molar-refractivity contribution is 6.05. The van der Waals surface area contributed by atoms with Gasteiger partial charge in [-0.15, -0.1) is 0 Å². The standard InChI is InChI=1S/C19H23N3O3/c1-12(2)14-6-7-16-17(9-14)22(20-19(16)13(3)24)10-18(25)21-8-4-5-15(21)11-23/h6-7,9,11-12,15H,4-5,8,10H2,1-3H3/t15-/m0/s1. The van der Waals surface area contributed by atoms with Gasteiger partial charge >= 0.3 is 0 Å². The minimum absolute atomic E-state index is 0.0374. The van der Waals surface area contributed by atoms with Crippen LogP contribution in [0.1, 0.15) is 55.6 Å². The number of hydrogen-bond acceptors (Lipinski definition) is 4. The van der Waals surface area contributed by atoms with E-state index in [9.17, 15) is 14.4 Å². The summed E-state index contributed by atoms with van der Waals surface area (Å²) in [6.07, 6.45) is 2.39.